The van der Waals surface area contributed by atoms with Gasteiger partial charge >= 0.3 is 0 Å². The molecule has 14 heavy (non-hydrogen) atoms. The molecule has 1 rings (SSSR count). The third kappa shape index (κ3) is 3.32. The average molecular weight is 199 g/mol. The van der Waals surface area contributed by atoms with Gasteiger partial charge in [-0.2, -0.15) is 0 Å². The van der Waals surface area contributed by atoms with Crippen LogP contribution in [0.25, 0.3) is 0 Å². The smallest absolute Gasteiger partial charge is 0.128 e. The second kappa shape index (κ2) is 4.94. The Morgan fingerprint density at radius 1 is 1.21 bits per heavy atom. The standard InChI is InChI=1S/C11H15F2N/c1-3-4-8(2)14-11-6-9(12)5-10(13)7-11/h5-8,14H,3-4H2,1-2H3/t8-/m0/s1. The lowest BCUT2D eigenvalue weighted by Crippen LogP contribution is -2.14. The SMILES string of the molecule is CCC[C@H](C)Nc1cc(F)cc(F)c1. The Morgan fingerprint density at radius 2 is 1.79 bits per heavy atom. The van der Waals surface area contributed by atoms with E-state index in [9.17, 15) is 8.78 Å². The molecule has 3 heteroatoms. The lowest BCUT2D eigenvalue weighted by molar-refractivity contribution is 0.583. The molecular weight excluding hydrogens is 184 g/mol. The van der Waals surface area contributed by atoms with Crippen molar-refractivity contribution >= 4 is 5.69 Å². The Morgan fingerprint density at radius 3 is 2.29 bits per heavy atom. The first-order chi connectivity index (χ1) is 6.61. The van der Waals surface area contributed by atoms with Gasteiger partial charge in [0.15, 0.2) is 0 Å². The van der Waals surface area contributed by atoms with E-state index in [2.05, 4.69) is 12.2 Å². The van der Waals surface area contributed by atoms with Crippen LogP contribution in [-0.2, 0) is 0 Å². The van der Waals surface area contributed by atoms with Crippen LogP contribution in [0.5, 0.6) is 0 Å². The predicted molar refractivity (Wildman–Crippen MR) is 54.4 cm³/mol. The van der Waals surface area contributed by atoms with Crippen LogP contribution in [0.4, 0.5) is 14.5 Å². The highest BCUT2D eigenvalue weighted by atomic mass is 19.1. The minimum Gasteiger partial charge on any atom is -0.382 e. The van der Waals surface area contributed by atoms with Crippen molar-refractivity contribution in [3.8, 4) is 0 Å². The summed E-state index contributed by atoms with van der Waals surface area (Å²) in [6, 6.07) is 3.71. The number of hydrogen-bond donors (Lipinski definition) is 1. The number of hydrogen-bond acceptors (Lipinski definition) is 1. The lowest BCUT2D eigenvalue weighted by atomic mass is 10.2. The summed E-state index contributed by atoms with van der Waals surface area (Å²) in [5.41, 5.74) is 0.503. The van der Waals surface area contributed by atoms with Crippen molar-refractivity contribution in [1.29, 1.82) is 0 Å². The Balaban J connectivity index is 2.66. The van der Waals surface area contributed by atoms with Crippen LogP contribution in [0, 0.1) is 11.6 Å². The van der Waals surface area contributed by atoms with Crippen molar-refractivity contribution in [1.82, 2.24) is 0 Å². The average Bonchev–Trinajstić information content (AvgIpc) is 2.01. The van der Waals surface area contributed by atoms with Gasteiger partial charge in [-0.05, 0) is 25.5 Å². The molecule has 0 saturated heterocycles. The molecule has 0 radical (unpaired) electrons. The van der Waals surface area contributed by atoms with E-state index in [1.54, 1.807) is 0 Å². The number of rotatable bonds is 4. The molecule has 0 unspecified atom stereocenters. The van der Waals surface area contributed by atoms with Crippen LogP contribution in [0.2, 0.25) is 0 Å². The minimum atomic E-state index is -0.545. The maximum absolute atomic E-state index is 12.8. The van der Waals surface area contributed by atoms with Crippen LogP contribution in [0.3, 0.4) is 0 Å². The first kappa shape index (κ1) is 11.0. The Bertz CT molecular complexity index is 279. The first-order valence-corrected chi connectivity index (χ1v) is 4.84. The highest BCUT2D eigenvalue weighted by Gasteiger charge is 2.03. The fourth-order valence-electron chi connectivity index (χ4n) is 1.43. The van der Waals surface area contributed by atoms with Gasteiger partial charge in [-0.25, -0.2) is 8.78 Å². The fourth-order valence-corrected chi connectivity index (χ4v) is 1.43. The summed E-state index contributed by atoms with van der Waals surface area (Å²) in [5, 5.41) is 3.04. The van der Waals surface area contributed by atoms with Crippen LogP contribution in [0.1, 0.15) is 26.7 Å². The van der Waals surface area contributed by atoms with Crippen molar-refractivity contribution in [3.05, 3.63) is 29.8 Å². The van der Waals surface area contributed by atoms with E-state index in [0.29, 0.717) is 5.69 Å². The third-order valence-corrected chi connectivity index (χ3v) is 2.00. The highest BCUT2D eigenvalue weighted by Crippen LogP contribution is 2.14. The Kier molecular flexibility index (Phi) is 3.86. The minimum absolute atomic E-state index is 0.237. The summed E-state index contributed by atoms with van der Waals surface area (Å²) in [7, 11) is 0. The molecule has 0 aliphatic heterocycles. The van der Waals surface area contributed by atoms with E-state index < -0.39 is 11.6 Å². The number of anilines is 1. The zero-order valence-electron chi connectivity index (χ0n) is 8.48. The largest absolute Gasteiger partial charge is 0.382 e. The normalized spacial score (nSPS) is 12.6. The summed E-state index contributed by atoms with van der Waals surface area (Å²) in [4.78, 5) is 0. The van der Waals surface area contributed by atoms with Crippen LogP contribution >= 0.6 is 0 Å². The third-order valence-electron chi connectivity index (χ3n) is 2.00. The molecule has 0 amide bonds. The van der Waals surface area contributed by atoms with Gasteiger partial charge in [-0.15, -0.1) is 0 Å². The molecule has 1 N–H and O–H groups in total. The molecule has 0 bridgehead atoms. The van der Waals surface area contributed by atoms with Gasteiger partial charge in [0.2, 0.25) is 0 Å². The number of halogens is 2. The molecule has 0 aliphatic carbocycles. The predicted octanol–water partition coefficient (Wildman–Crippen LogP) is 3.57. The van der Waals surface area contributed by atoms with Gasteiger partial charge in [0.1, 0.15) is 11.6 Å². The van der Waals surface area contributed by atoms with Crippen LogP contribution in [0.15, 0.2) is 18.2 Å². The van der Waals surface area contributed by atoms with Crippen LogP contribution in [-0.4, -0.2) is 6.04 Å². The van der Waals surface area contributed by atoms with E-state index >= 15 is 0 Å². The zero-order valence-corrected chi connectivity index (χ0v) is 8.48. The van der Waals surface area contributed by atoms with E-state index in [1.807, 2.05) is 6.92 Å². The second-order valence-electron chi connectivity index (χ2n) is 3.49. The van der Waals surface area contributed by atoms with Crippen molar-refractivity contribution in [2.75, 3.05) is 5.32 Å². The molecule has 1 aromatic carbocycles. The van der Waals surface area contributed by atoms with Crippen LogP contribution < -0.4 is 5.32 Å². The maximum Gasteiger partial charge on any atom is 0.128 e. The van der Waals surface area contributed by atoms with E-state index in [-0.39, 0.29) is 6.04 Å². The van der Waals surface area contributed by atoms with Gasteiger partial charge in [0, 0.05) is 17.8 Å². The lowest BCUT2D eigenvalue weighted by Gasteiger charge is -2.14. The summed E-state index contributed by atoms with van der Waals surface area (Å²) in [5.74, 6) is -1.09. The fraction of sp³-hybridized carbons (Fsp3) is 0.455. The second-order valence-corrected chi connectivity index (χ2v) is 3.49. The maximum atomic E-state index is 12.8. The molecule has 0 heterocycles. The van der Waals surface area contributed by atoms with Gasteiger partial charge in [0.25, 0.3) is 0 Å². The summed E-state index contributed by atoms with van der Waals surface area (Å²) in [6.45, 7) is 4.07. The molecule has 78 valence electrons. The molecule has 0 saturated carbocycles. The molecule has 1 aromatic rings. The van der Waals surface area contributed by atoms with Gasteiger partial charge < -0.3 is 5.32 Å². The topological polar surface area (TPSA) is 12.0 Å². The monoisotopic (exact) mass is 199 g/mol. The van der Waals surface area contributed by atoms with E-state index in [4.69, 9.17) is 0 Å². The Hall–Kier alpha value is -1.12. The number of nitrogens with one attached hydrogen (secondary N) is 1. The summed E-state index contributed by atoms with van der Waals surface area (Å²) < 4.78 is 25.6. The molecular formula is C11H15F2N. The van der Waals surface area contributed by atoms with E-state index in [0.717, 1.165) is 18.9 Å². The summed E-state index contributed by atoms with van der Waals surface area (Å²) >= 11 is 0. The van der Waals surface area contributed by atoms with E-state index in [1.165, 1.54) is 12.1 Å². The van der Waals surface area contributed by atoms with Gasteiger partial charge in [-0.1, -0.05) is 13.3 Å². The van der Waals surface area contributed by atoms with Crippen molar-refractivity contribution in [2.45, 2.75) is 32.7 Å². The summed E-state index contributed by atoms with van der Waals surface area (Å²) in [6.07, 6.45) is 2.03. The van der Waals surface area contributed by atoms with Crippen molar-refractivity contribution in [3.63, 3.8) is 0 Å². The molecule has 0 aromatic heterocycles. The number of benzene rings is 1. The molecule has 1 atom stereocenters. The molecule has 0 fully saturated rings. The molecule has 0 aliphatic rings. The zero-order chi connectivity index (χ0) is 10.6. The van der Waals surface area contributed by atoms with Crippen molar-refractivity contribution < 1.29 is 8.78 Å². The van der Waals surface area contributed by atoms with Gasteiger partial charge in [-0.3, -0.25) is 0 Å². The van der Waals surface area contributed by atoms with Crippen molar-refractivity contribution in [2.24, 2.45) is 0 Å². The quantitative estimate of drug-likeness (QED) is 0.781. The highest BCUT2D eigenvalue weighted by molar-refractivity contribution is 5.44. The Labute approximate surface area is 83.1 Å². The molecule has 0 spiro atoms. The first-order valence-electron chi connectivity index (χ1n) is 4.84. The van der Waals surface area contributed by atoms with Gasteiger partial charge in [0.05, 0.1) is 0 Å². The molecule has 1 nitrogen and oxygen atoms in total.